The molecule has 4 aliphatic carbocycles. The smallest absolute Gasteiger partial charge is 0.320 e. The molecule has 4 bridgehead atoms. The normalized spacial score (nSPS) is 14.5. The van der Waals surface area contributed by atoms with Crippen LogP contribution < -0.4 is 48.8 Å². The molecule has 0 spiro atoms. The van der Waals surface area contributed by atoms with E-state index in [4.69, 9.17) is 33.5 Å². The van der Waals surface area contributed by atoms with Crippen LogP contribution in [0.4, 0.5) is 23.2 Å². The van der Waals surface area contributed by atoms with Gasteiger partial charge in [-0.25, -0.2) is 13.2 Å². The molecule has 1 N–H and O–H groups in total. The average molecular weight is 2970 g/mol. The number of carboxylic acids is 4. The Hall–Kier alpha value is -7.54. The van der Waals surface area contributed by atoms with Gasteiger partial charge in [-0.2, -0.15) is 4.39 Å². The third-order valence-electron chi connectivity index (χ3n) is 21.3. The van der Waals surface area contributed by atoms with Gasteiger partial charge < -0.3 is 73.1 Å². The summed E-state index contributed by atoms with van der Waals surface area (Å²) in [4.78, 5) is 61.3. The van der Waals surface area contributed by atoms with Gasteiger partial charge in [0.1, 0.15) is 79.7 Å². The van der Waals surface area contributed by atoms with Crippen molar-refractivity contribution < 1.29 is 95.6 Å². The Bertz CT molecular complexity index is 5790. The largest absolute Gasteiger partial charge is 0.550 e. The standard InChI is InChI=1S/3C26H20I3O2S.C11H16O2.C7HF4NO4.C7H6O2.C4H8O3/c3*27-19-17-24(28)26(25(29)18-19)31-16-15-30-20-11-13-23(14-12-20)32(21-7-3-1-4-8-21)22-9-5-2-6-10-22;12-10(13)11-4-7-1-8(5-11)3-9(2-7)6-11;8-2-1(7(13)14)6(12(15)16)5(11)4(10)3(2)9;8-7(9)6-4-2-1-3-5-6;1-4(2,7)3(5)6/h3*1-14,17-18H,15-16H2;7-9H,1-6H2,(H,12,13);(H,13,14);1-5H,(H,8,9);7H,1-2H3,(H,5,6)/q3*+1;;;;/p-4. The zero-order valence-electron chi connectivity index (χ0n) is 74.9. The SMILES string of the molecule is CC(C)(O)C(=O)[O-].Ic1cc(I)c(OCCOc2ccc([S+](c3ccccc3)c3ccccc3)cc2)c(I)c1.Ic1cc(I)c(OCCOc2ccc([S+](c3ccccc3)c3ccccc3)cc2)c(I)c1.Ic1cc(I)c(OCCOc2ccc([S+](c3ccccc3)c3ccccc3)cc2)c(I)c1.O=C([O-])C12CC3CC(CC(C3)C1)C2.O=C([O-])c1c(F)c(F)c(F)c(F)c1[N+](=O)[O-].O=C([O-])c1ccccc1. The van der Waals surface area contributed by atoms with E-state index in [1.165, 1.54) is 86.2 Å². The molecule has 18 rings (SSSR count). The monoisotopic (exact) mass is 2970 g/mol. The van der Waals surface area contributed by atoms with E-state index in [0.717, 1.165) is 89.0 Å². The van der Waals surface area contributed by atoms with Crippen molar-refractivity contribution in [2.24, 2.45) is 23.2 Å². The second kappa shape index (κ2) is 56.4. The molecule has 0 aromatic heterocycles. The van der Waals surface area contributed by atoms with Gasteiger partial charge in [0.05, 0.1) is 82.5 Å². The van der Waals surface area contributed by atoms with E-state index in [0.29, 0.717) is 57.4 Å². The van der Waals surface area contributed by atoms with Crippen molar-refractivity contribution in [1.82, 2.24) is 0 Å². The lowest BCUT2D eigenvalue weighted by Gasteiger charge is -2.57. The number of rotatable bonds is 29. The minimum Gasteiger partial charge on any atom is -0.550 e. The molecule has 0 saturated heterocycles. The van der Waals surface area contributed by atoms with Crippen molar-refractivity contribution in [3.63, 3.8) is 0 Å². The molecule has 0 aliphatic heterocycles. The van der Waals surface area contributed by atoms with Gasteiger partial charge >= 0.3 is 5.69 Å². The molecule has 0 amide bonds. The van der Waals surface area contributed by atoms with Crippen LogP contribution in [-0.4, -0.2) is 79.1 Å². The quantitative estimate of drug-likeness (QED) is 0.00666. The van der Waals surface area contributed by atoms with Crippen molar-refractivity contribution in [3.8, 4) is 34.5 Å². The molecular weight excluding hydrogens is 2890 g/mol. The summed E-state index contributed by atoms with van der Waals surface area (Å²) >= 11 is 20.9. The van der Waals surface area contributed by atoms with Gasteiger partial charge in [0.25, 0.3) is 0 Å². The van der Waals surface area contributed by atoms with Gasteiger partial charge in [-0.3, -0.25) is 10.1 Å². The zero-order valence-corrected chi connectivity index (χ0v) is 96.7. The highest BCUT2D eigenvalue weighted by molar-refractivity contribution is 14.1. The number of aliphatic carboxylic acids is 2. The topological polar surface area (TPSA) is 279 Å². The fourth-order valence-electron chi connectivity index (χ4n) is 15.4. The van der Waals surface area contributed by atoms with E-state index >= 15 is 0 Å². The van der Waals surface area contributed by atoms with Crippen molar-refractivity contribution in [2.45, 2.75) is 102 Å². The molecular formula is C107H87F4I9NO17S3-. The fraction of sp³-hybridized carbons (Fsp3) is 0.178. The first-order valence-corrected chi connectivity index (χ1v) is 56.6. The van der Waals surface area contributed by atoms with Gasteiger partial charge in [0, 0.05) is 22.1 Å². The third-order valence-corrected chi connectivity index (χ3v) is 34.7. The van der Waals surface area contributed by atoms with Crippen LogP contribution in [-0.2, 0) is 42.3 Å². The summed E-state index contributed by atoms with van der Waals surface area (Å²) in [5.74, 6) is -8.07. The van der Waals surface area contributed by atoms with E-state index in [1.807, 2.05) is 0 Å². The second-order valence-electron chi connectivity index (χ2n) is 31.9. The molecule has 4 aliphatic rings. The second-order valence-corrected chi connectivity index (χ2v) is 48.7. The highest BCUT2D eigenvalue weighted by Gasteiger charge is 2.52. The molecule has 18 nitrogen and oxygen atoms in total. The summed E-state index contributed by atoms with van der Waals surface area (Å²) in [5, 5.41) is 59.8. The number of carbonyl (C=O) groups is 4. The van der Waals surface area contributed by atoms with E-state index in [9.17, 15) is 67.3 Å². The zero-order chi connectivity index (χ0) is 101. The number of hydrogen-bond donors (Lipinski definition) is 1. The van der Waals surface area contributed by atoms with Crippen LogP contribution in [0, 0.1) is 88.7 Å². The van der Waals surface area contributed by atoms with Gasteiger partial charge in [-0.15, -0.1) is 0 Å². The number of aromatic carboxylic acids is 2. The lowest BCUT2D eigenvalue weighted by Crippen LogP contribution is -2.54. The molecule has 0 unspecified atom stereocenters. The van der Waals surface area contributed by atoms with Crippen molar-refractivity contribution >= 4 is 266 Å². The van der Waals surface area contributed by atoms with Gasteiger partial charge in [-0.1, -0.05) is 140 Å². The number of carbonyl (C=O) groups excluding carboxylic acids is 4. The number of halogens is 13. The Morgan fingerprint density at radius 1 is 0.348 bits per heavy atom. The van der Waals surface area contributed by atoms with Crippen LogP contribution in [0.25, 0.3) is 0 Å². The number of hydrogen-bond acceptors (Lipinski definition) is 17. The first-order chi connectivity index (χ1) is 67.6. The number of nitro benzene ring substituents is 1. The van der Waals surface area contributed by atoms with Crippen LogP contribution in [0.5, 0.6) is 34.5 Å². The Morgan fingerprint density at radius 2 is 0.567 bits per heavy atom. The fourth-order valence-corrected chi connectivity index (χ4v) is 33.3. The molecule has 34 heteroatoms. The lowest BCUT2D eigenvalue weighted by molar-refractivity contribution is -0.389. The Kier molecular flexibility index (Phi) is 45.5. The maximum absolute atomic E-state index is 12.8. The number of aliphatic hydroxyl groups is 1. The van der Waals surface area contributed by atoms with Crippen LogP contribution >= 0.6 is 203 Å². The maximum Gasteiger partial charge on any atom is 0.320 e. The number of benzene rings is 14. The van der Waals surface area contributed by atoms with E-state index in [2.05, 4.69) is 495 Å². The van der Waals surface area contributed by atoms with Crippen molar-refractivity contribution in [2.75, 3.05) is 39.6 Å². The van der Waals surface area contributed by atoms with Crippen molar-refractivity contribution in [3.05, 3.63) is 398 Å². The minimum atomic E-state index is -2.53. The van der Waals surface area contributed by atoms with Crippen LogP contribution in [0.3, 0.4) is 0 Å². The summed E-state index contributed by atoms with van der Waals surface area (Å²) in [6.45, 7) is 5.33. The molecule has 732 valence electrons. The number of ether oxygens (including phenoxy) is 6. The first kappa shape index (κ1) is 114. The Morgan fingerprint density at radius 3 is 0.773 bits per heavy atom. The molecule has 4 fully saturated rings. The van der Waals surface area contributed by atoms with E-state index in [-0.39, 0.29) is 38.2 Å². The highest BCUT2D eigenvalue weighted by atomic mass is 127. The summed E-state index contributed by atoms with van der Waals surface area (Å²) in [6, 6.07) is 110. The van der Waals surface area contributed by atoms with Crippen molar-refractivity contribution in [1.29, 1.82) is 0 Å². The first-order valence-electron chi connectivity index (χ1n) is 43.2. The summed E-state index contributed by atoms with van der Waals surface area (Å²) < 4.78 is 96.9. The van der Waals surface area contributed by atoms with Gasteiger partial charge in [0.2, 0.25) is 11.6 Å². The molecule has 0 atom stereocenters. The van der Waals surface area contributed by atoms with Gasteiger partial charge in [-0.05, 0) is 461 Å². The molecule has 0 heterocycles. The molecule has 0 radical (unpaired) electrons. The highest BCUT2D eigenvalue weighted by Crippen LogP contribution is 2.60. The van der Waals surface area contributed by atoms with Crippen LogP contribution in [0.1, 0.15) is 73.1 Å². The van der Waals surface area contributed by atoms with E-state index in [1.54, 1.807) is 18.2 Å². The molecule has 4 saturated carbocycles. The summed E-state index contributed by atoms with van der Waals surface area (Å²) in [5.41, 5.74) is -5.86. The third kappa shape index (κ3) is 33.7. The lowest BCUT2D eigenvalue weighted by atomic mass is 9.49. The van der Waals surface area contributed by atoms with Gasteiger partial charge in [0.15, 0.2) is 55.7 Å². The molecule has 141 heavy (non-hydrogen) atoms. The van der Waals surface area contributed by atoms with Crippen LogP contribution in [0.15, 0.2) is 366 Å². The predicted octanol–water partition coefficient (Wildman–Crippen LogP) is 24.2. The van der Waals surface area contributed by atoms with Crippen LogP contribution in [0.2, 0.25) is 0 Å². The maximum atomic E-state index is 12.8. The number of nitrogens with zero attached hydrogens (tertiary/aromatic N) is 1. The molecule has 14 aromatic rings. The predicted molar refractivity (Wildman–Crippen MR) is 606 cm³/mol. The average Bonchev–Trinajstić information content (AvgIpc) is 0.742. The Labute approximate surface area is 946 Å². The molecule has 14 aromatic carbocycles. The van der Waals surface area contributed by atoms with E-state index < -0.39 is 74.3 Å². The number of nitro groups is 1. The minimum absolute atomic E-state index is 0.145. The summed E-state index contributed by atoms with van der Waals surface area (Å²) in [7, 11) is -0.435. The number of carboxylic acid groups (broad SMARTS) is 4. The Balaban J connectivity index is 0.000000166. The summed E-state index contributed by atoms with van der Waals surface area (Å²) in [6.07, 6.45) is 6.65.